The van der Waals surface area contributed by atoms with Gasteiger partial charge in [0.15, 0.2) is 0 Å². The smallest absolute Gasteiger partial charge is 0.333 e. The van der Waals surface area contributed by atoms with Crippen LogP contribution in [-0.4, -0.2) is 35.3 Å². The second-order valence-electron chi connectivity index (χ2n) is 8.11. The van der Waals surface area contributed by atoms with Gasteiger partial charge in [-0.05, 0) is 28.3 Å². The largest absolute Gasteiger partial charge is 0.417 e. The molecule has 3 aromatic rings. The summed E-state index contributed by atoms with van der Waals surface area (Å²) in [6, 6.07) is 22.9. The van der Waals surface area contributed by atoms with Crippen LogP contribution in [0.2, 0.25) is 0 Å². The number of rotatable bonds is 4. The summed E-state index contributed by atoms with van der Waals surface area (Å²) in [4.78, 5) is 16.3. The molecule has 1 aliphatic heterocycles. The molecule has 1 saturated heterocycles. The number of hydrogen-bond donors (Lipinski definition) is 0. The maximum atomic E-state index is 13.4. The molecule has 1 unspecified atom stereocenters. The standard InChI is InChI=1S/C26H25F3N2O/c1-19(32)31-16-15-30(18-25(31)22-7-3-2-4-8-22)17-20-11-13-21(14-12-20)23-9-5-6-10-24(23)26(27,28)29/h2-14,25H,15-18H2,1H3. The molecular weight excluding hydrogens is 413 g/mol. The normalized spacial score (nSPS) is 17.4. The zero-order valence-corrected chi connectivity index (χ0v) is 17.8. The van der Waals surface area contributed by atoms with Gasteiger partial charge in [0.2, 0.25) is 5.91 Å². The van der Waals surface area contributed by atoms with E-state index in [1.165, 1.54) is 12.1 Å². The van der Waals surface area contributed by atoms with Gasteiger partial charge < -0.3 is 4.90 Å². The highest BCUT2D eigenvalue weighted by molar-refractivity contribution is 5.74. The third kappa shape index (κ3) is 4.86. The van der Waals surface area contributed by atoms with Gasteiger partial charge in [-0.3, -0.25) is 9.69 Å². The quantitative estimate of drug-likeness (QED) is 0.516. The van der Waals surface area contributed by atoms with Crippen molar-refractivity contribution in [3.05, 3.63) is 95.6 Å². The van der Waals surface area contributed by atoms with E-state index < -0.39 is 11.7 Å². The van der Waals surface area contributed by atoms with E-state index in [1.807, 2.05) is 47.4 Å². The van der Waals surface area contributed by atoms with Crippen molar-refractivity contribution in [3.63, 3.8) is 0 Å². The molecule has 0 aliphatic carbocycles. The third-order valence-corrected chi connectivity index (χ3v) is 5.96. The summed E-state index contributed by atoms with van der Waals surface area (Å²) < 4.78 is 40.1. The number of piperazine rings is 1. The van der Waals surface area contributed by atoms with E-state index in [-0.39, 0.29) is 17.5 Å². The fourth-order valence-corrected chi connectivity index (χ4v) is 4.35. The molecule has 32 heavy (non-hydrogen) atoms. The highest BCUT2D eigenvalue weighted by Gasteiger charge is 2.33. The predicted octanol–water partition coefficient (Wildman–Crippen LogP) is 5.78. The molecule has 4 rings (SSSR count). The van der Waals surface area contributed by atoms with Crippen LogP contribution in [0.25, 0.3) is 11.1 Å². The third-order valence-electron chi connectivity index (χ3n) is 5.96. The lowest BCUT2D eigenvalue weighted by Gasteiger charge is -2.41. The second kappa shape index (κ2) is 9.17. The van der Waals surface area contributed by atoms with Gasteiger partial charge in [0, 0.05) is 33.1 Å². The van der Waals surface area contributed by atoms with Crippen LogP contribution in [0.1, 0.15) is 29.7 Å². The summed E-state index contributed by atoms with van der Waals surface area (Å²) in [6.45, 7) is 4.38. The molecule has 0 saturated carbocycles. The van der Waals surface area contributed by atoms with E-state index in [0.717, 1.165) is 23.7 Å². The number of carbonyl (C=O) groups excluding carboxylic acids is 1. The summed E-state index contributed by atoms with van der Waals surface area (Å²) in [5.41, 5.74) is 2.24. The van der Waals surface area contributed by atoms with Crippen LogP contribution in [0.3, 0.4) is 0 Å². The zero-order valence-electron chi connectivity index (χ0n) is 17.8. The average molecular weight is 438 g/mol. The van der Waals surface area contributed by atoms with Crippen LogP contribution in [0.15, 0.2) is 78.9 Å². The van der Waals surface area contributed by atoms with Crippen molar-refractivity contribution in [2.24, 2.45) is 0 Å². The fraction of sp³-hybridized carbons (Fsp3) is 0.269. The van der Waals surface area contributed by atoms with Crippen molar-refractivity contribution >= 4 is 5.91 Å². The molecule has 166 valence electrons. The topological polar surface area (TPSA) is 23.6 Å². The van der Waals surface area contributed by atoms with Crippen LogP contribution in [-0.2, 0) is 17.5 Å². The Balaban J connectivity index is 1.50. The molecule has 3 aromatic carbocycles. The molecule has 0 bridgehead atoms. The summed E-state index contributed by atoms with van der Waals surface area (Å²) in [5, 5.41) is 0. The Labute approximate surface area is 186 Å². The molecular formula is C26H25F3N2O. The van der Waals surface area contributed by atoms with E-state index in [2.05, 4.69) is 4.90 Å². The van der Waals surface area contributed by atoms with E-state index in [0.29, 0.717) is 25.2 Å². The maximum Gasteiger partial charge on any atom is 0.417 e. The van der Waals surface area contributed by atoms with Crippen molar-refractivity contribution in [2.75, 3.05) is 19.6 Å². The van der Waals surface area contributed by atoms with Crippen molar-refractivity contribution in [1.82, 2.24) is 9.80 Å². The number of hydrogen-bond acceptors (Lipinski definition) is 2. The maximum absolute atomic E-state index is 13.4. The van der Waals surface area contributed by atoms with Gasteiger partial charge in [0.1, 0.15) is 0 Å². The van der Waals surface area contributed by atoms with Gasteiger partial charge >= 0.3 is 6.18 Å². The summed E-state index contributed by atoms with van der Waals surface area (Å²) in [6.07, 6.45) is -4.39. The Bertz CT molecular complexity index is 1060. The Morgan fingerprint density at radius 3 is 2.22 bits per heavy atom. The minimum Gasteiger partial charge on any atom is -0.333 e. The number of amides is 1. The van der Waals surface area contributed by atoms with Crippen molar-refractivity contribution < 1.29 is 18.0 Å². The number of alkyl halides is 3. The number of carbonyl (C=O) groups is 1. The molecule has 1 aliphatic rings. The minimum absolute atomic E-state index is 0.0135. The van der Waals surface area contributed by atoms with Gasteiger partial charge in [-0.15, -0.1) is 0 Å². The Morgan fingerprint density at radius 1 is 0.906 bits per heavy atom. The lowest BCUT2D eigenvalue weighted by atomic mass is 9.98. The van der Waals surface area contributed by atoms with E-state index in [1.54, 1.807) is 25.1 Å². The molecule has 6 heteroatoms. The summed E-state index contributed by atoms with van der Waals surface area (Å²) >= 11 is 0. The summed E-state index contributed by atoms with van der Waals surface area (Å²) in [7, 11) is 0. The number of halogens is 3. The van der Waals surface area contributed by atoms with Crippen LogP contribution in [0.5, 0.6) is 0 Å². The van der Waals surface area contributed by atoms with Gasteiger partial charge in [0.05, 0.1) is 11.6 Å². The number of nitrogens with zero attached hydrogens (tertiary/aromatic N) is 2. The SMILES string of the molecule is CC(=O)N1CCN(Cc2ccc(-c3ccccc3C(F)(F)F)cc2)CC1c1ccccc1. The van der Waals surface area contributed by atoms with E-state index in [9.17, 15) is 18.0 Å². The second-order valence-corrected chi connectivity index (χ2v) is 8.11. The molecule has 1 heterocycles. The van der Waals surface area contributed by atoms with Crippen molar-refractivity contribution in [1.29, 1.82) is 0 Å². The molecule has 1 fully saturated rings. The van der Waals surface area contributed by atoms with E-state index >= 15 is 0 Å². The lowest BCUT2D eigenvalue weighted by molar-refractivity contribution is -0.137. The van der Waals surface area contributed by atoms with Crippen LogP contribution in [0, 0.1) is 0 Å². The Morgan fingerprint density at radius 2 is 1.56 bits per heavy atom. The van der Waals surface area contributed by atoms with Crippen LogP contribution < -0.4 is 0 Å². The monoisotopic (exact) mass is 438 g/mol. The Hall–Kier alpha value is -3.12. The fourth-order valence-electron chi connectivity index (χ4n) is 4.35. The van der Waals surface area contributed by atoms with Crippen LogP contribution >= 0.6 is 0 Å². The predicted molar refractivity (Wildman–Crippen MR) is 119 cm³/mol. The van der Waals surface area contributed by atoms with E-state index in [4.69, 9.17) is 0 Å². The molecule has 0 aromatic heterocycles. The van der Waals surface area contributed by atoms with Crippen molar-refractivity contribution in [3.8, 4) is 11.1 Å². The zero-order chi connectivity index (χ0) is 22.7. The van der Waals surface area contributed by atoms with Gasteiger partial charge in [-0.1, -0.05) is 72.8 Å². The van der Waals surface area contributed by atoms with Gasteiger partial charge in [0.25, 0.3) is 0 Å². The molecule has 1 amide bonds. The first-order chi connectivity index (χ1) is 15.3. The van der Waals surface area contributed by atoms with Gasteiger partial charge in [-0.25, -0.2) is 0 Å². The molecule has 0 spiro atoms. The van der Waals surface area contributed by atoms with Crippen molar-refractivity contribution in [2.45, 2.75) is 25.7 Å². The number of benzene rings is 3. The van der Waals surface area contributed by atoms with Crippen LogP contribution in [0.4, 0.5) is 13.2 Å². The molecule has 1 atom stereocenters. The first-order valence-electron chi connectivity index (χ1n) is 10.6. The molecule has 0 N–H and O–H groups in total. The highest BCUT2D eigenvalue weighted by atomic mass is 19.4. The highest BCUT2D eigenvalue weighted by Crippen LogP contribution is 2.37. The summed E-state index contributed by atoms with van der Waals surface area (Å²) in [5.74, 6) is 0.0613. The molecule has 0 radical (unpaired) electrons. The molecule has 3 nitrogen and oxygen atoms in total. The lowest BCUT2D eigenvalue weighted by Crippen LogP contribution is -2.49. The minimum atomic E-state index is -4.39. The first-order valence-corrected chi connectivity index (χ1v) is 10.6. The van der Waals surface area contributed by atoms with Gasteiger partial charge in [-0.2, -0.15) is 13.2 Å². The average Bonchev–Trinajstić information content (AvgIpc) is 2.79. The Kier molecular flexibility index (Phi) is 6.33. The first kappa shape index (κ1) is 22.1.